The van der Waals surface area contributed by atoms with Gasteiger partial charge in [-0.25, -0.2) is 17.9 Å². The molecule has 1 aromatic heterocycles. The second kappa shape index (κ2) is 12.7. The summed E-state index contributed by atoms with van der Waals surface area (Å²) in [7, 11) is -4.00. The number of rotatable bonds is 9. The van der Waals surface area contributed by atoms with Gasteiger partial charge in [0.15, 0.2) is 0 Å². The van der Waals surface area contributed by atoms with E-state index in [1.165, 1.54) is 4.90 Å². The summed E-state index contributed by atoms with van der Waals surface area (Å²) in [6.45, 7) is 5.06. The number of aromatic nitrogens is 1. The first-order valence-corrected chi connectivity index (χ1v) is 15.6. The van der Waals surface area contributed by atoms with Crippen LogP contribution in [-0.4, -0.2) is 54.8 Å². The van der Waals surface area contributed by atoms with Crippen molar-refractivity contribution in [3.8, 4) is 5.75 Å². The van der Waals surface area contributed by atoms with Crippen LogP contribution in [0.1, 0.15) is 40.0 Å². The van der Waals surface area contributed by atoms with Crippen LogP contribution in [0.5, 0.6) is 5.75 Å². The number of aryl methyl sites for hydroxylation is 2. The lowest BCUT2D eigenvalue weighted by Crippen LogP contribution is -2.47. The molecule has 5 rings (SSSR count). The van der Waals surface area contributed by atoms with Gasteiger partial charge >= 0.3 is 6.09 Å². The Labute approximate surface area is 246 Å². The smallest absolute Gasteiger partial charge is 0.410 e. The number of hydrogen-bond acceptors (Lipinski definition) is 6. The Balaban J connectivity index is 1.25. The van der Waals surface area contributed by atoms with Crippen LogP contribution in [-0.2, 0) is 27.9 Å². The lowest BCUT2D eigenvalue weighted by Gasteiger charge is -2.31. The van der Waals surface area contributed by atoms with E-state index in [4.69, 9.17) is 9.47 Å². The standard InChI is InChI=1S/C32H35N3O6S/c1-23-13-14-29-28(21-23)24(2)30(35(29)19-20-40-26-11-7-4-8-12-26)31(36)33-42(38,39)27-15-17-34(18-16-27)32(37)41-22-25-9-5-3-6-10-25/h3-14,21,27H,15-20,22H2,1-2H3,(H,33,36). The number of nitrogens with zero attached hydrogens (tertiary/aromatic N) is 2. The fourth-order valence-corrected chi connectivity index (χ4v) is 6.71. The number of nitrogens with one attached hydrogen (secondary N) is 1. The molecule has 1 aliphatic rings. The molecular weight excluding hydrogens is 554 g/mol. The van der Waals surface area contributed by atoms with E-state index in [1.54, 1.807) is 0 Å². The Bertz CT molecular complexity index is 1660. The lowest BCUT2D eigenvalue weighted by molar-refractivity contribution is 0.0892. The molecular formula is C32H35N3O6S. The Morgan fingerprint density at radius 1 is 0.929 bits per heavy atom. The highest BCUT2D eigenvalue weighted by Gasteiger charge is 2.34. The van der Waals surface area contributed by atoms with E-state index < -0.39 is 27.3 Å². The molecule has 0 unspecified atom stereocenters. The molecule has 1 saturated heterocycles. The maximum atomic E-state index is 13.6. The van der Waals surface area contributed by atoms with E-state index in [-0.39, 0.29) is 38.2 Å². The van der Waals surface area contributed by atoms with Gasteiger partial charge in [-0.3, -0.25) is 4.79 Å². The van der Waals surface area contributed by atoms with Crippen molar-refractivity contribution >= 4 is 32.9 Å². The van der Waals surface area contributed by atoms with Crippen LogP contribution >= 0.6 is 0 Å². The molecule has 0 saturated carbocycles. The summed E-state index contributed by atoms with van der Waals surface area (Å²) in [5.41, 5.74) is 3.74. The van der Waals surface area contributed by atoms with Crippen molar-refractivity contribution in [2.45, 2.75) is 45.1 Å². The minimum atomic E-state index is -4.00. The molecule has 0 atom stereocenters. The summed E-state index contributed by atoms with van der Waals surface area (Å²) in [6, 6.07) is 24.7. The van der Waals surface area contributed by atoms with Gasteiger partial charge in [0, 0.05) is 24.0 Å². The summed E-state index contributed by atoms with van der Waals surface area (Å²) >= 11 is 0. The number of likely N-dealkylation sites (tertiary alicyclic amines) is 1. The van der Waals surface area contributed by atoms with Crippen LogP contribution in [0.25, 0.3) is 10.9 Å². The van der Waals surface area contributed by atoms with Gasteiger partial charge in [0.2, 0.25) is 10.0 Å². The van der Waals surface area contributed by atoms with E-state index in [0.29, 0.717) is 24.5 Å². The van der Waals surface area contributed by atoms with Gasteiger partial charge in [-0.1, -0.05) is 60.2 Å². The SMILES string of the molecule is Cc1ccc2c(c1)c(C)c(C(=O)NS(=O)(=O)C1CCN(C(=O)OCc3ccccc3)CC1)n2CCOc1ccccc1. The Hall–Kier alpha value is -4.31. The zero-order valence-electron chi connectivity index (χ0n) is 23.8. The number of para-hydroxylation sites is 1. The van der Waals surface area contributed by atoms with Crippen molar-refractivity contribution < 1.29 is 27.5 Å². The quantitative estimate of drug-likeness (QED) is 0.288. The minimum Gasteiger partial charge on any atom is -0.492 e. The van der Waals surface area contributed by atoms with Crippen LogP contribution in [0.15, 0.2) is 78.9 Å². The van der Waals surface area contributed by atoms with Crippen molar-refractivity contribution in [2.24, 2.45) is 0 Å². The number of ether oxygens (including phenoxy) is 2. The fourth-order valence-electron chi connectivity index (χ4n) is 5.35. The Kier molecular flexibility index (Phi) is 8.82. The van der Waals surface area contributed by atoms with Crippen LogP contribution in [0.2, 0.25) is 0 Å². The normalized spacial score (nSPS) is 14.1. The number of carbonyl (C=O) groups excluding carboxylic acids is 2. The summed E-state index contributed by atoms with van der Waals surface area (Å²) in [6.07, 6.45) is -0.0727. The summed E-state index contributed by atoms with van der Waals surface area (Å²) in [4.78, 5) is 27.6. The van der Waals surface area contributed by atoms with E-state index in [1.807, 2.05) is 97.3 Å². The van der Waals surface area contributed by atoms with E-state index in [2.05, 4.69) is 4.72 Å². The van der Waals surface area contributed by atoms with E-state index in [0.717, 1.165) is 22.0 Å². The Morgan fingerprint density at radius 2 is 1.60 bits per heavy atom. The molecule has 3 aromatic carbocycles. The van der Waals surface area contributed by atoms with Gasteiger partial charge in [-0.2, -0.15) is 0 Å². The van der Waals surface area contributed by atoms with Gasteiger partial charge in [0.05, 0.1) is 11.8 Å². The number of fused-ring (bicyclic) bond motifs is 1. The fraction of sp³-hybridized carbons (Fsp3) is 0.312. The van der Waals surface area contributed by atoms with Crippen molar-refractivity contribution in [3.05, 3.63) is 101 Å². The first-order chi connectivity index (χ1) is 20.2. The molecule has 10 heteroatoms. The molecule has 0 spiro atoms. The van der Waals surface area contributed by atoms with Crippen LogP contribution in [0, 0.1) is 13.8 Å². The first-order valence-electron chi connectivity index (χ1n) is 14.0. The molecule has 4 aromatic rings. The Morgan fingerprint density at radius 3 is 2.29 bits per heavy atom. The predicted molar refractivity (Wildman–Crippen MR) is 161 cm³/mol. The molecule has 0 radical (unpaired) electrons. The second-order valence-electron chi connectivity index (χ2n) is 10.5. The average Bonchev–Trinajstić information content (AvgIpc) is 3.27. The molecule has 0 bridgehead atoms. The van der Waals surface area contributed by atoms with Gasteiger partial charge in [0.25, 0.3) is 5.91 Å². The molecule has 220 valence electrons. The van der Waals surface area contributed by atoms with E-state index in [9.17, 15) is 18.0 Å². The average molecular weight is 590 g/mol. The predicted octanol–water partition coefficient (Wildman–Crippen LogP) is 5.20. The minimum absolute atomic E-state index is 0.150. The van der Waals surface area contributed by atoms with E-state index >= 15 is 0 Å². The molecule has 0 aliphatic carbocycles. The third-order valence-electron chi connectivity index (χ3n) is 7.59. The third-order valence-corrected chi connectivity index (χ3v) is 9.41. The van der Waals surface area contributed by atoms with Gasteiger partial charge in [-0.05, 0) is 62.1 Å². The molecule has 42 heavy (non-hydrogen) atoms. The summed E-state index contributed by atoms with van der Waals surface area (Å²) in [5.74, 6) is 0.0381. The van der Waals surface area contributed by atoms with Crippen molar-refractivity contribution in [2.75, 3.05) is 19.7 Å². The monoisotopic (exact) mass is 589 g/mol. The van der Waals surface area contributed by atoms with Crippen molar-refractivity contribution in [3.63, 3.8) is 0 Å². The first kappa shape index (κ1) is 29.2. The number of amides is 2. The molecule has 1 N–H and O–H groups in total. The zero-order valence-corrected chi connectivity index (χ0v) is 24.6. The van der Waals surface area contributed by atoms with Crippen LogP contribution in [0.4, 0.5) is 4.79 Å². The molecule has 9 nitrogen and oxygen atoms in total. The number of benzene rings is 3. The summed E-state index contributed by atoms with van der Waals surface area (Å²) < 4.78 is 42.1. The van der Waals surface area contributed by atoms with Gasteiger partial charge in [0.1, 0.15) is 24.7 Å². The van der Waals surface area contributed by atoms with Crippen LogP contribution in [0.3, 0.4) is 0 Å². The second-order valence-corrected chi connectivity index (χ2v) is 12.5. The number of hydrogen-bond donors (Lipinski definition) is 1. The highest BCUT2D eigenvalue weighted by molar-refractivity contribution is 7.90. The van der Waals surface area contributed by atoms with Crippen molar-refractivity contribution in [1.29, 1.82) is 0 Å². The molecule has 2 heterocycles. The van der Waals surface area contributed by atoms with Gasteiger partial charge < -0.3 is 18.9 Å². The number of piperidine rings is 1. The number of sulfonamides is 1. The number of carbonyl (C=O) groups is 2. The van der Waals surface area contributed by atoms with Crippen LogP contribution < -0.4 is 9.46 Å². The largest absolute Gasteiger partial charge is 0.492 e. The highest BCUT2D eigenvalue weighted by Crippen LogP contribution is 2.28. The molecule has 1 fully saturated rings. The maximum absolute atomic E-state index is 13.6. The van der Waals surface area contributed by atoms with Crippen molar-refractivity contribution in [1.82, 2.24) is 14.2 Å². The topological polar surface area (TPSA) is 107 Å². The highest BCUT2D eigenvalue weighted by atomic mass is 32.2. The van der Waals surface area contributed by atoms with Gasteiger partial charge in [-0.15, -0.1) is 0 Å². The zero-order chi connectivity index (χ0) is 29.7. The molecule has 2 amide bonds. The summed E-state index contributed by atoms with van der Waals surface area (Å²) in [5, 5.41) is 0.0843. The molecule has 1 aliphatic heterocycles. The lowest BCUT2D eigenvalue weighted by atomic mass is 10.1. The third kappa shape index (κ3) is 6.60. The maximum Gasteiger partial charge on any atom is 0.410 e.